The van der Waals surface area contributed by atoms with E-state index in [2.05, 4.69) is 28.8 Å². The minimum Gasteiger partial charge on any atom is -0.489 e. The predicted octanol–water partition coefficient (Wildman–Crippen LogP) is 7.64. The quantitative estimate of drug-likeness (QED) is 0.237. The Morgan fingerprint density at radius 2 is 1.58 bits per heavy atom. The van der Waals surface area contributed by atoms with Gasteiger partial charge in [0.05, 0.1) is 11.0 Å². The van der Waals surface area contributed by atoms with Gasteiger partial charge in [0.1, 0.15) is 12.4 Å². The summed E-state index contributed by atoms with van der Waals surface area (Å²) >= 11 is 6.11. The van der Waals surface area contributed by atoms with E-state index in [0.29, 0.717) is 23.7 Å². The Morgan fingerprint density at radius 3 is 2.37 bits per heavy atom. The number of nitrogens with two attached hydrogens (primary N) is 1. The fraction of sp³-hybridized carbons (Fsp3) is 0.0606. The summed E-state index contributed by atoms with van der Waals surface area (Å²) in [5, 5.41) is 2.37. The van der Waals surface area contributed by atoms with Crippen molar-refractivity contribution >= 4 is 39.3 Å². The van der Waals surface area contributed by atoms with E-state index in [-0.39, 0.29) is 0 Å². The van der Waals surface area contributed by atoms with Crippen LogP contribution in [-0.4, -0.2) is 10.5 Å². The van der Waals surface area contributed by atoms with Crippen LogP contribution in [0.15, 0.2) is 109 Å². The number of benzene rings is 5. The Morgan fingerprint density at radius 1 is 0.816 bits per heavy atom. The standard InChI is InChI=1S/C33H24ClN2O2/c34-26-15-12-24(13-16-26)25-14-17-28-31(19-25)36(30-11-5-10-29(32(28)30)33(35)37)20-23-8-4-9-27(18-23)38-21-22-6-2-1-3-7-22/h1-16,18-19H,20-21H2,(H2,35,37). The zero-order valence-electron chi connectivity index (χ0n) is 20.5. The number of primary amides is 1. The maximum atomic E-state index is 12.4. The van der Waals surface area contributed by atoms with Crippen LogP contribution in [0.2, 0.25) is 5.02 Å². The second kappa shape index (κ2) is 10.1. The lowest BCUT2D eigenvalue weighted by Crippen LogP contribution is -2.11. The minimum absolute atomic E-state index is 0.457. The van der Waals surface area contributed by atoms with Crippen LogP contribution in [0, 0.1) is 6.07 Å². The fourth-order valence-electron chi connectivity index (χ4n) is 4.90. The molecule has 0 aliphatic heterocycles. The molecule has 0 aliphatic carbocycles. The number of amides is 1. The number of carbonyl (C=O) groups excluding carboxylic acids is 1. The van der Waals surface area contributed by atoms with Crippen LogP contribution in [0.25, 0.3) is 32.9 Å². The van der Waals surface area contributed by atoms with E-state index in [1.807, 2.05) is 84.9 Å². The molecule has 0 spiro atoms. The Hall–Kier alpha value is -4.54. The first-order chi connectivity index (χ1) is 18.6. The third-order valence-electron chi connectivity index (χ3n) is 6.72. The fourth-order valence-corrected chi connectivity index (χ4v) is 5.02. The van der Waals surface area contributed by atoms with Crippen molar-refractivity contribution in [2.24, 2.45) is 5.73 Å². The average Bonchev–Trinajstić information content (AvgIpc) is 3.26. The van der Waals surface area contributed by atoms with Crippen LogP contribution < -0.4 is 10.5 Å². The molecule has 1 radical (unpaired) electrons. The molecule has 0 atom stereocenters. The predicted molar refractivity (Wildman–Crippen MR) is 154 cm³/mol. The van der Waals surface area contributed by atoms with Crippen molar-refractivity contribution in [2.75, 3.05) is 0 Å². The average molecular weight is 516 g/mol. The summed E-state index contributed by atoms with van der Waals surface area (Å²) < 4.78 is 8.29. The van der Waals surface area contributed by atoms with Crippen LogP contribution in [-0.2, 0) is 13.2 Å². The smallest absolute Gasteiger partial charge is 0.249 e. The van der Waals surface area contributed by atoms with Gasteiger partial charge in [-0.3, -0.25) is 4.79 Å². The third-order valence-corrected chi connectivity index (χ3v) is 6.98. The molecule has 1 aromatic heterocycles. The van der Waals surface area contributed by atoms with E-state index in [9.17, 15) is 4.79 Å². The molecule has 4 nitrogen and oxygen atoms in total. The number of hydrogen-bond donors (Lipinski definition) is 1. The topological polar surface area (TPSA) is 57.2 Å². The molecule has 1 heterocycles. The van der Waals surface area contributed by atoms with E-state index in [0.717, 1.165) is 49.8 Å². The van der Waals surface area contributed by atoms with Gasteiger partial charge in [0, 0.05) is 27.9 Å². The number of hydrogen-bond acceptors (Lipinski definition) is 2. The van der Waals surface area contributed by atoms with Crippen molar-refractivity contribution in [2.45, 2.75) is 13.2 Å². The van der Waals surface area contributed by atoms with Gasteiger partial charge < -0.3 is 15.0 Å². The van der Waals surface area contributed by atoms with E-state index in [1.165, 1.54) is 0 Å². The second-order valence-corrected chi connectivity index (χ2v) is 9.66. The summed E-state index contributed by atoms with van der Waals surface area (Å²) in [4.78, 5) is 12.4. The lowest BCUT2D eigenvalue weighted by molar-refractivity contribution is 0.100. The van der Waals surface area contributed by atoms with Crippen LogP contribution in [0.3, 0.4) is 0 Å². The van der Waals surface area contributed by atoms with Crippen molar-refractivity contribution < 1.29 is 9.53 Å². The molecule has 6 aromatic rings. The summed E-state index contributed by atoms with van der Waals surface area (Å²) in [6, 6.07) is 39.2. The normalized spacial score (nSPS) is 11.2. The van der Waals surface area contributed by atoms with Crippen molar-refractivity contribution in [3.05, 3.63) is 137 Å². The first kappa shape index (κ1) is 23.8. The Labute approximate surface area is 225 Å². The van der Waals surface area contributed by atoms with Crippen LogP contribution in [0.4, 0.5) is 0 Å². The van der Waals surface area contributed by atoms with E-state index in [1.54, 1.807) is 6.07 Å². The summed E-state index contributed by atoms with van der Waals surface area (Å²) in [6.07, 6.45) is 0. The number of carbonyl (C=O) groups is 1. The first-order valence-electron chi connectivity index (χ1n) is 12.3. The number of halogens is 1. The maximum Gasteiger partial charge on any atom is 0.249 e. The molecule has 185 valence electrons. The molecule has 0 fully saturated rings. The summed E-state index contributed by atoms with van der Waals surface area (Å²) in [5.41, 5.74) is 12.4. The Balaban J connectivity index is 1.44. The van der Waals surface area contributed by atoms with Crippen LogP contribution >= 0.6 is 11.6 Å². The molecule has 6 rings (SSSR count). The molecule has 0 bridgehead atoms. The second-order valence-electron chi connectivity index (χ2n) is 9.23. The summed E-state index contributed by atoms with van der Waals surface area (Å²) in [7, 11) is 0. The molecular weight excluding hydrogens is 492 g/mol. The van der Waals surface area contributed by atoms with Crippen molar-refractivity contribution in [1.29, 1.82) is 0 Å². The zero-order valence-corrected chi connectivity index (χ0v) is 21.3. The Kier molecular flexibility index (Phi) is 6.32. The molecule has 0 unspecified atom stereocenters. The molecule has 0 saturated carbocycles. The highest BCUT2D eigenvalue weighted by atomic mass is 35.5. The van der Waals surface area contributed by atoms with Crippen molar-refractivity contribution in [1.82, 2.24) is 4.57 Å². The van der Waals surface area contributed by atoms with Gasteiger partial charge in [-0.1, -0.05) is 72.3 Å². The Bertz CT molecular complexity index is 1770. The number of fused-ring (bicyclic) bond motifs is 3. The van der Waals surface area contributed by atoms with Gasteiger partial charge in [0.2, 0.25) is 5.91 Å². The molecule has 5 aromatic carbocycles. The van der Waals surface area contributed by atoms with Crippen molar-refractivity contribution in [3.8, 4) is 16.9 Å². The molecule has 0 saturated heterocycles. The summed E-state index contributed by atoms with van der Waals surface area (Å²) in [5.74, 6) is 0.347. The SMILES string of the molecule is NC(=O)c1cccc2c1c1[c]cc(-c3ccc(Cl)cc3)cc1n2Cc1cccc(OCc2ccccc2)c1. The number of nitrogens with zero attached hydrogens (tertiary/aromatic N) is 1. The third kappa shape index (κ3) is 4.62. The number of ether oxygens (including phenoxy) is 1. The van der Waals surface area contributed by atoms with E-state index < -0.39 is 5.91 Å². The van der Waals surface area contributed by atoms with Gasteiger partial charge in [0.25, 0.3) is 0 Å². The van der Waals surface area contributed by atoms with Crippen molar-refractivity contribution in [3.63, 3.8) is 0 Å². The molecule has 0 aliphatic rings. The molecule has 5 heteroatoms. The minimum atomic E-state index is -0.457. The monoisotopic (exact) mass is 515 g/mol. The molecule has 1 amide bonds. The largest absolute Gasteiger partial charge is 0.489 e. The van der Waals surface area contributed by atoms with Gasteiger partial charge in [-0.2, -0.15) is 0 Å². The van der Waals surface area contributed by atoms with Gasteiger partial charge in [-0.05, 0) is 76.9 Å². The van der Waals surface area contributed by atoms with Gasteiger partial charge in [-0.15, -0.1) is 0 Å². The number of rotatable bonds is 7. The van der Waals surface area contributed by atoms with E-state index in [4.69, 9.17) is 22.1 Å². The highest BCUT2D eigenvalue weighted by molar-refractivity contribution is 6.30. The van der Waals surface area contributed by atoms with Crippen LogP contribution in [0.5, 0.6) is 5.75 Å². The number of aromatic nitrogens is 1. The van der Waals surface area contributed by atoms with Gasteiger partial charge in [-0.25, -0.2) is 0 Å². The first-order valence-corrected chi connectivity index (χ1v) is 12.7. The molecular formula is C33H24ClN2O2. The van der Waals surface area contributed by atoms with Gasteiger partial charge >= 0.3 is 0 Å². The highest BCUT2D eigenvalue weighted by Gasteiger charge is 2.18. The van der Waals surface area contributed by atoms with Gasteiger partial charge in [0.15, 0.2) is 0 Å². The lowest BCUT2D eigenvalue weighted by atomic mass is 10.0. The summed E-state index contributed by atoms with van der Waals surface area (Å²) in [6.45, 7) is 1.09. The molecule has 2 N–H and O–H groups in total. The zero-order chi connectivity index (χ0) is 26.1. The maximum absolute atomic E-state index is 12.4. The highest BCUT2D eigenvalue weighted by Crippen LogP contribution is 2.35. The van der Waals surface area contributed by atoms with Crippen LogP contribution in [0.1, 0.15) is 21.5 Å². The lowest BCUT2D eigenvalue weighted by Gasteiger charge is -2.12. The molecule has 38 heavy (non-hydrogen) atoms. The van der Waals surface area contributed by atoms with E-state index >= 15 is 0 Å².